The molecule has 0 aliphatic carbocycles. The molecule has 4 heteroatoms. The van der Waals surface area contributed by atoms with Gasteiger partial charge >= 0.3 is 0 Å². The van der Waals surface area contributed by atoms with E-state index in [0.717, 1.165) is 25.7 Å². The van der Waals surface area contributed by atoms with Crippen molar-refractivity contribution >= 4 is 5.91 Å². The molecule has 0 aromatic heterocycles. The van der Waals surface area contributed by atoms with Gasteiger partial charge in [0.2, 0.25) is 5.91 Å². The summed E-state index contributed by atoms with van der Waals surface area (Å²) in [6, 6.07) is -0.618. The highest BCUT2D eigenvalue weighted by molar-refractivity contribution is 5.76. The summed E-state index contributed by atoms with van der Waals surface area (Å²) in [6.07, 6.45) is 84.4. The molecule has 4 nitrogen and oxygen atoms in total. The molecule has 0 saturated carbocycles. The second kappa shape index (κ2) is 63.4. The van der Waals surface area contributed by atoms with Crippen LogP contribution in [0.1, 0.15) is 393 Å². The maximum atomic E-state index is 12.5. The molecule has 0 bridgehead atoms. The number of carbonyl (C=O) groups excluding carboxylic acids is 1. The summed E-state index contributed by atoms with van der Waals surface area (Å²) >= 11 is 0. The summed E-state index contributed by atoms with van der Waals surface area (Å²) in [6.45, 7) is 4.36. The van der Waals surface area contributed by atoms with E-state index >= 15 is 0 Å². The van der Waals surface area contributed by atoms with Crippen LogP contribution < -0.4 is 5.32 Å². The number of amides is 1. The van der Waals surface area contributed by atoms with Gasteiger partial charge in [0.15, 0.2) is 0 Å². The minimum absolute atomic E-state index is 0.0546. The fourth-order valence-electron chi connectivity index (χ4n) is 11.0. The van der Waals surface area contributed by atoms with Gasteiger partial charge in [-0.25, -0.2) is 0 Å². The maximum absolute atomic E-state index is 12.5. The number of allylic oxidation sites excluding steroid dienone is 1. The van der Waals surface area contributed by atoms with Crippen molar-refractivity contribution in [2.75, 3.05) is 6.61 Å². The molecular weight excluding hydrogens is 867 g/mol. The van der Waals surface area contributed by atoms with Crippen LogP contribution in [0.15, 0.2) is 12.2 Å². The molecule has 0 saturated heterocycles. The van der Waals surface area contributed by atoms with E-state index in [0.29, 0.717) is 6.42 Å². The number of aliphatic hydroxyl groups is 2. The number of unbranched alkanes of at least 4 members (excludes halogenated alkanes) is 56. The fourth-order valence-corrected chi connectivity index (χ4v) is 11.0. The summed E-state index contributed by atoms with van der Waals surface area (Å²) in [4.78, 5) is 12.5. The van der Waals surface area contributed by atoms with Crippen LogP contribution in [0, 0.1) is 0 Å². The van der Waals surface area contributed by atoms with Crippen LogP contribution in [0.3, 0.4) is 0 Å². The lowest BCUT2D eigenvalue weighted by Gasteiger charge is -2.20. The second-order valence-corrected chi connectivity index (χ2v) is 23.3. The van der Waals surface area contributed by atoms with Crippen LogP contribution in [-0.2, 0) is 4.79 Å². The van der Waals surface area contributed by atoms with Gasteiger partial charge < -0.3 is 15.5 Å². The van der Waals surface area contributed by atoms with Gasteiger partial charge in [0.05, 0.1) is 18.8 Å². The summed E-state index contributed by atoms with van der Waals surface area (Å²) in [5.74, 6) is -0.0546. The van der Waals surface area contributed by atoms with Crippen LogP contribution in [-0.4, -0.2) is 34.9 Å². The van der Waals surface area contributed by atoms with E-state index in [9.17, 15) is 15.0 Å². The number of hydrogen-bond acceptors (Lipinski definition) is 3. The highest BCUT2D eigenvalue weighted by Gasteiger charge is 2.18. The first-order valence-corrected chi connectivity index (χ1v) is 33.4. The minimum atomic E-state index is -0.836. The van der Waals surface area contributed by atoms with E-state index < -0.39 is 12.1 Å². The van der Waals surface area contributed by atoms with Crippen molar-refractivity contribution in [2.45, 2.75) is 405 Å². The van der Waals surface area contributed by atoms with Crippen LogP contribution >= 0.6 is 0 Å². The molecule has 0 aliphatic rings. The lowest BCUT2D eigenvalue weighted by Crippen LogP contribution is -2.45. The Morgan fingerprint density at radius 3 is 0.732 bits per heavy atom. The third kappa shape index (κ3) is 59.9. The Morgan fingerprint density at radius 2 is 0.521 bits per heavy atom. The van der Waals surface area contributed by atoms with Crippen molar-refractivity contribution in [1.29, 1.82) is 0 Å². The Balaban J connectivity index is 3.34. The average molecular weight is 1000 g/mol. The molecule has 2 unspecified atom stereocenters. The van der Waals surface area contributed by atoms with Crippen molar-refractivity contribution in [3.63, 3.8) is 0 Å². The molecule has 0 aromatic carbocycles. The molecule has 0 aromatic rings. The van der Waals surface area contributed by atoms with Crippen LogP contribution in [0.25, 0.3) is 0 Å². The van der Waals surface area contributed by atoms with Gasteiger partial charge in [-0.3, -0.25) is 4.79 Å². The molecule has 0 heterocycles. The van der Waals surface area contributed by atoms with Crippen LogP contribution in [0.2, 0.25) is 0 Å². The molecule has 71 heavy (non-hydrogen) atoms. The maximum Gasteiger partial charge on any atom is 0.220 e. The lowest BCUT2D eigenvalue weighted by atomic mass is 10.0. The Morgan fingerprint density at radius 1 is 0.324 bits per heavy atom. The molecule has 0 radical (unpaired) electrons. The normalized spacial score (nSPS) is 12.7. The number of aliphatic hydroxyl groups excluding tert-OH is 2. The Hall–Kier alpha value is -0.870. The van der Waals surface area contributed by atoms with Gasteiger partial charge in [-0.2, -0.15) is 0 Å². The monoisotopic (exact) mass is 1000 g/mol. The zero-order valence-electron chi connectivity index (χ0n) is 49.0. The van der Waals surface area contributed by atoms with Crippen molar-refractivity contribution < 1.29 is 15.0 Å². The fraction of sp³-hybridized carbons (Fsp3) is 0.955. The van der Waals surface area contributed by atoms with Gasteiger partial charge in [0.25, 0.3) is 0 Å². The summed E-state index contributed by atoms with van der Waals surface area (Å²) < 4.78 is 0. The Labute approximate surface area is 447 Å². The van der Waals surface area contributed by atoms with Crippen molar-refractivity contribution in [2.24, 2.45) is 0 Å². The molecule has 2 atom stereocenters. The summed E-state index contributed by atoms with van der Waals surface area (Å²) in [5, 5.41) is 23.2. The van der Waals surface area contributed by atoms with Crippen LogP contribution in [0.4, 0.5) is 0 Å². The number of carbonyl (C=O) groups is 1. The number of hydrogen-bond donors (Lipinski definition) is 3. The highest BCUT2D eigenvalue weighted by atomic mass is 16.3. The lowest BCUT2D eigenvalue weighted by molar-refractivity contribution is -0.123. The average Bonchev–Trinajstić information content (AvgIpc) is 3.37. The molecular formula is C67H133NO3. The van der Waals surface area contributed by atoms with Gasteiger partial charge in [-0.05, 0) is 19.3 Å². The smallest absolute Gasteiger partial charge is 0.220 e. The highest BCUT2D eigenvalue weighted by Crippen LogP contribution is 2.19. The third-order valence-electron chi connectivity index (χ3n) is 16.0. The first-order chi connectivity index (χ1) is 35.2. The summed E-state index contributed by atoms with van der Waals surface area (Å²) in [5.41, 5.74) is 0. The van der Waals surface area contributed by atoms with E-state index in [2.05, 4.69) is 19.2 Å². The first-order valence-electron chi connectivity index (χ1n) is 33.4. The van der Waals surface area contributed by atoms with E-state index in [4.69, 9.17) is 0 Å². The number of rotatable bonds is 63. The van der Waals surface area contributed by atoms with E-state index in [1.165, 1.54) is 347 Å². The second-order valence-electron chi connectivity index (χ2n) is 23.3. The zero-order valence-corrected chi connectivity index (χ0v) is 49.0. The number of nitrogens with one attached hydrogen (secondary N) is 1. The predicted octanol–water partition coefficient (Wildman–Crippen LogP) is 22.4. The molecule has 3 N–H and O–H groups in total. The third-order valence-corrected chi connectivity index (χ3v) is 16.0. The molecule has 1 amide bonds. The Kier molecular flexibility index (Phi) is 62.6. The van der Waals surface area contributed by atoms with E-state index in [1.807, 2.05) is 6.08 Å². The molecule has 0 spiro atoms. The molecule has 424 valence electrons. The minimum Gasteiger partial charge on any atom is -0.394 e. The van der Waals surface area contributed by atoms with Crippen LogP contribution in [0.5, 0.6) is 0 Å². The van der Waals surface area contributed by atoms with Crippen molar-refractivity contribution in [3.8, 4) is 0 Å². The standard InChI is InChI=1S/C67H133NO3/c1-3-5-7-9-11-13-15-17-19-21-23-24-25-26-27-28-29-30-31-32-33-34-35-36-37-38-39-40-41-42-43-44-45-47-49-51-53-55-57-59-61-63-67(71)68-65(64-69)66(70)62-60-58-56-54-52-50-48-46-22-20-18-16-14-12-10-8-6-4-2/h60,62,65-66,69-70H,3-59,61,63-64H2,1-2H3,(H,68,71)/b62-60+. The van der Waals surface area contributed by atoms with Gasteiger partial charge in [-0.15, -0.1) is 0 Å². The SMILES string of the molecule is CCCCCCCCCCCCCCCCCC/C=C/C(O)C(CO)NC(=O)CCCCCCCCCCCCCCCCCCCCCCCCCCCCCCCCCCCCCCCCCCC. The van der Waals surface area contributed by atoms with Gasteiger partial charge in [0.1, 0.15) is 0 Å². The zero-order chi connectivity index (χ0) is 51.3. The quantitative estimate of drug-likeness (QED) is 0.0420. The first kappa shape index (κ1) is 70.1. The predicted molar refractivity (Wildman–Crippen MR) is 318 cm³/mol. The van der Waals surface area contributed by atoms with Gasteiger partial charge in [0, 0.05) is 6.42 Å². The Bertz CT molecular complexity index is 998. The summed E-state index contributed by atoms with van der Waals surface area (Å²) in [7, 11) is 0. The van der Waals surface area contributed by atoms with Crippen molar-refractivity contribution in [1.82, 2.24) is 5.32 Å². The van der Waals surface area contributed by atoms with Gasteiger partial charge in [-0.1, -0.05) is 379 Å². The molecule has 0 rings (SSSR count). The van der Waals surface area contributed by atoms with E-state index in [1.54, 1.807) is 6.08 Å². The topological polar surface area (TPSA) is 69.6 Å². The largest absolute Gasteiger partial charge is 0.394 e. The van der Waals surface area contributed by atoms with Crippen molar-refractivity contribution in [3.05, 3.63) is 12.2 Å². The molecule has 0 aliphatic heterocycles. The van der Waals surface area contributed by atoms with E-state index in [-0.39, 0.29) is 12.5 Å². The molecule has 0 fully saturated rings.